The molecule has 0 amide bonds. The van der Waals surface area contributed by atoms with Crippen molar-refractivity contribution in [2.24, 2.45) is 5.92 Å². The SMILES string of the molecule is Cc1nc(SCc2cc([N+](=O)[O-])cc3c2OCOC3)n(CC(C)C)c1C. The van der Waals surface area contributed by atoms with E-state index in [1.165, 1.54) is 6.07 Å². The molecular formula is C18H23N3O4S. The molecule has 8 heteroatoms. The van der Waals surface area contributed by atoms with Gasteiger partial charge in [0, 0.05) is 41.3 Å². The van der Waals surface area contributed by atoms with Crippen LogP contribution in [0.15, 0.2) is 17.3 Å². The topological polar surface area (TPSA) is 79.4 Å². The highest BCUT2D eigenvalue weighted by atomic mass is 32.2. The number of aromatic nitrogens is 2. The van der Waals surface area contributed by atoms with E-state index in [-0.39, 0.29) is 17.4 Å². The third-order valence-electron chi connectivity index (χ3n) is 4.31. The number of rotatable bonds is 6. The van der Waals surface area contributed by atoms with E-state index in [1.807, 2.05) is 6.92 Å². The van der Waals surface area contributed by atoms with Gasteiger partial charge in [0.25, 0.3) is 5.69 Å². The quantitative estimate of drug-likeness (QED) is 0.426. The number of nitro groups is 1. The maximum absolute atomic E-state index is 11.2. The molecule has 0 spiro atoms. The molecule has 0 unspecified atom stereocenters. The molecule has 140 valence electrons. The minimum atomic E-state index is -0.378. The second-order valence-electron chi connectivity index (χ2n) is 6.82. The first-order valence-corrected chi connectivity index (χ1v) is 9.52. The smallest absolute Gasteiger partial charge is 0.270 e. The molecule has 2 heterocycles. The van der Waals surface area contributed by atoms with E-state index < -0.39 is 0 Å². The summed E-state index contributed by atoms with van der Waals surface area (Å²) in [7, 11) is 0. The van der Waals surface area contributed by atoms with Crippen LogP contribution in [-0.4, -0.2) is 21.3 Å². The molecule has 1 aliphatic rings. The summed E-state index contributed by atoms with van der Waals surface area (Å²) < 4.78 is 13.1. The van der Waals surface area contributed by atoms with Crippen molar-refractivity contribution in [2.75, 3.05) is 6.79 Å². The van der Waals surface area contributed by atoms with Crippen LogP contribution >= 0.6 is 11.8 Å². The Morgan fingerprint density at radius 3 is 2.85 bits per heavy atom. The van der Waals surface area contributed by atoms with Gasteiger partial charge in [0.15, 0.2) is 11.9 Å². The molecule has 3 rings (SSSR count). The first kappa shape index (κ1) is 18.7. The number of ether oxygens (including phenoxy) is 2. The first-order chi connectivity index (χ1) is 12.4. The standard InChI is InChI=1S/C18H23N3O4S/c1-11(2)7-20-13(4)12(3)19-18(20)26-9-15-6-16(21(22)23)5-14-8-24-10-25-17(14)15/h5-6,11H,7-10H2,1-4H3. The predicted octanol–water partition coefficient (Wildman–Crippen LogP) is 4.22. The van der Waals surface area contributed by atoms with Crippen LogP contribution in [0.5, 0.6) is 5.75 Å². The van der Waals surface area contributed by atoms with E-state index in [1.54, 1.807) is 17.8 Å². The summed E-state index contributed by atoms with van der Waals surface area (Å²) in [4.78, 5) is 15.5. The Morgan fingerprint density at radius 1 is 1.38 bits per heavy atom. The summed E-state index contributed by atoms with van der Waals surface area (Å²) in [5.74, 6) is 1.76. The largest absolute Gasteiger partial charge is 0.467 e. The van der Waals surface area contributed by atoms with Gasteiger partial charge in [-0.1, -0.05) is 25.6 Å². The number of hydrogen-bond acceptors (Lipinski definition) is 6. The van der Waals surface area contributed by atoms with E-state index in [0.29, 0.717) is 24.0 Å². The second-order valence-corrected chi connectivity index (χ2v) is 7.76. The van der Waals surface area contributed by atoms with Crippen LogP contribution in [0, 0.1) is 29.9 Å². The monoisotopic (exact) mass is 377 g/mol. The van der Waals surface area contributed by atoms with E-state index >= 15 is 0 Å². The van der Waals surface area contributed by atoms with E-state index in [9.17, 15) is 10.1 Å². The average Bonchev–Trinajstić information content (AvgIpc) is 2.86. The maximum atomic E-state index is 11.2. The lowest BCUT2D eigenvalue weighted by Gasteiger charge is -2.20. The summed E-state index contributed by atoms with van der Waals surface area (Å²) >= 11 is 1.58. The first-order valence-electron chi connectivity index (χ1n) is 8.54. The van der Waals surface area contributed by atoms with Crippen molar-refractivity contribution in [1.82, 2.24) is 9.55 Å². The van der Waals surface area contributed by atoms with Gasteiger partial charge in [0.1, 0.15) is 5.75 Å². The number of fused-ring (bicyclic) bond motifs is 1. The van der Waals surface area contributed by atoms with Crippen molar-refractivity contribution in [3.8, 4) is 5.75 Å². The number of thioether (sulfide) groups is 1. The average molecular weight is 377 g/mol. The Labute approximate surface area is 156 Å². The van der Waals surface area contributed by atoms with Crippen LogP contribution in [0.1, 0.15) is 36.4 Å². The lowest BCUT2D eigenvalue weighted by atomic mass is 10.1. The lowest BCUT2D eigenvalue weighted by Crippen LogP contribution is -2.13. The zero-order valence-electron chi connectivity index (χ0n) is 15.4. The summed E-state index contributed by atoms with van der Waals surface area (Å²) in [6, 6.07) is 3.11. The molecule has 1 aliphatic heterocycles. The molecule has 0 atom stereocenters. The minimum absolute atomic E-state index is 0.0614. The van der Waals surface area contributed by atoms with E-state index in [0.717, 1.165) is 34.2 Å². The molecule has 7 nitrogen and oxygen atoms in total. The second kappa shape index (κ2) is 7.67. The zero-order valence-corrected chi connectivity index (χ0v) is 16.3. The van der Waals surface area contributed by atoms with Gasteiger partial charge in [-0.05, 0) is 19.8 Å². The molecule has 2 aromatic rings. The number of aryl methyl sites for hydroxylation is 1. The molecule has 0 bridgehead atoms. The fraction of sp³-hybridized carbons (Fsp3) is 0.500. The Hall–Kier alpha value is -2.06. The van der Waals surface area contributed by atoms with Gasteiger partial charge in [0.2, 0.25) is 0 Å². The summed E-state index contributed by atoms with van der Waals surface area (Å²) in [6.07, 6.45) is 0. The summed E-state index contributed by atoms with van der Waals surface area (Å²) in [5, 5.41) is 12.2. The Balaban J connectivity index is 1.89. The van der Waals surface area contributed by atoms with Crippen LogP contribution in [0.25, 0.3) is 0 Å². The van der Waals surface area contributed by atoms with Gasteiger partial charge in [-0.15, -0.1) is 0 Å². The fourth-order valence-electron chi connectivity index (χ4n) is 2.95. The molecule has 1 aromatic carbocycles. The summed E-state index contributed by atoms with van der Waals surface area (Å²) in [6.45, 7) is 9.82. The molecule has 0 saturated heterocycles. The predicted molar refractivity (Wildman–Crippen MR) is 99.5 cm³/mol. The van der Waals surface area contributed by atoms with Gasteiger partial charge in [-0.25, -0.2) is 4.98 Å². The molecule has 0 fully saturated rings. The third-order valence-corrected chi connectivity index (χ3v) is 5.33. The molecule has 0 saturated carbocycles. The Kier molecular flexibility index (Phi) is 5.52. The number of hydrogen-bond donors (Lipinski definition) is 0. The number of imidazole rings is 1. The molecule has 0 radical (unpaired) electrons. The molecule has 0 aliphatic carbocycles. The van der Waals surface area contributed by atoms with Gasteiger partial charge in [-0.2, -0.15) is 0 Å². The fourth-order valence-corrected chi connectivity index (χ4v) is 4.02. The molecule has 0 N–H and O–H groups in total. The molecular weight excluding hydrogens is 354 g/mol. The summed E-state index contributed by atoms with van der Waals surface area (Å²) in [5.41, 5.74) is 3.76. The maximum Gasteiger partial charge on any atom is 0.270 e. The van der Waals surface area contributed by atoms with E-state index in [4.69, 9.17) is 9.47 Å². The third kappa shape index (κ3) is 3.86. The normalized spacial score (nSPS) is 13.6. The number of nitro benzene ring substituents is 1. The van der Waals surface area contributed by atoms with Gasteiger partial charge >= 0.3 is 0 Å². The lowest BCUT2D eigenvalue weighted by molar-refractivity contribution is -0.385. The van der Waals surface area contributed by atoms with Gasteiger partial charge in [-0.3, -0.25) is 10.1 Å². The van der Waals surface area contributed by atoms with Crippen molar-refractivity contribution in [3.63, 3.8) is 0 Å². The van der Waals surface area contributed by atoms with Gasteiger partial charge in [0.05, 0.1) is 17.2 Å². The van der Waals surface area contributed by atoms with Crippen LogP contribution in [-0.2, 0) is 23.6 Å². The molecule has 26 heavy (non-hydrogen) atoms. The minimum Gasteiger partial charge on any atom is -0.467 e. The van der Waals surface area contributed by atoms with Crippen molar-refractivity contribution >= 4 is 17.4 Å². The zero-order chi connectivity index (χ0) is 18.8. The van der Waals surface area contributed by atoms with Crippen LogP contribution in [0.4, 0.5) is 5.69 Å². The number of non-ortho nitro benzene ring substituents is 1. The highest BCUT2D eigenvalue weighted by molar-refractivity contribution is 7.98. The Bertz CT molecular complexity index is 832. The molecule has 1 aromatic heterocycles. The van der Waals surface area contributed by atoms with Crippen LogP contribution in [0.3, 0.4) is 0 Å². The highest BCUT2D eigenvalue weighted by Gasteiger charge is 2.22. The number of benzene rings is 1. The Morgan fingerprint density at radius 2 is 2.15 bits per heavy atom. The van der Waals surface area contributed by atoms with Crippen molar-refractivity contribution < 1.29 is 14.4 Å². The number of nitrogens with zero attached hydrogens (tertiary/aromatic N) is 3. The van der Waals surface area contributed by atoms with Crippen molar-refractivity contribution in [2.45, 2.75) is 51.8 Å². The van der Waals surface area contributed by atoms with Crippen LogP contribution < -0.4 is 4.74 Å². The van der Waals surface area contributed by atoms with Crippen LogP contribution in [0.2, 0.25) is 0 Å². The van der Waals surface area contributed by atoms with E-state index in [2.05, 4.69) is 30.3 Å². The van der Waals surface area contributed by atoms with Gasteiger partial charge < -0.3 is 14.0 Å². The highest BCUT2D eigenvalue weighted by Crippen LogP contribution is 2.36. The van der Waals surface area contributed by atoms with Crippen molar-refractivity contribution in [1.29, 1.82) is 0 Å². The van der Waals surface area contributed by atoms with Crippen molar-refractivity contribution in [3.05, 3.63) is 44.8 Å².